The molecule has 0 aromatic heterocycles. The third-order valence-corrected chi connectivity index (χ3v) is 0.897. The van der Waals surface area contributed by atoms with E-state index in [1.54, 1.807) is 0 Å². The Kier molecular flexibility index (Phi) is 4.57. The molecule has 0 atom stereocenters. The summed E-state index contributed by atoms with van der Waals surface area (Å²) < 4.78 is 12.5. The molecule has 0 unspecified atom stereocenters. The van der Waals surface area contributed by atoms with E-state index in [-0.39, 0.29) is 12.0 Å². The highest BCUT2D eigenvalue weighted by Gasteiger charge is 2.02. The Morgan fingerprint density at radius 3 is 2.58 bits per heavy atom. The first kappa shape index (κ1) is 11.2. The average molecular weight is 171 g/mol. The molecular formula is C9H14FNO. The normalized spacial score (nSPS) is 12.2. The summed E-state index contributed by atoms with van der Waals surface area (Å²) in [5, 5.41) is 0. The summed E-state index contributed by atoms with van der Waals surface area (Å²) in [5.41, 5.74) is -0.111. The van der Waals surface area contributed by atoms with Crippen molar-refractivity contribution in [2.24, 2.45) is 11.3 Å². The van der Waals surface area contributed by atoms with Crippen molar-refractivity contribution in [2.45, 2.75) is 20.8 Å². The van der Waals surface area contributed by atoms with Crippen LogP contribution in [-0.4, -0.2) is 6.61 Å². The smallest absolute Gasteiger partial charge is 0.136 e. The average Bonchev–Trinajstić information content (AvgIpc) is 1.84. The van der Waals surface area contributed by atoms with Crippen molar-refractivity contribution in [3.63, 3.8) is 0 Å². The molecule has 0 aliphatic rings. The lowest BCUT2D eigenvalue weighted by atomic mass is 9.98. The van der Waals surface area contributed by atoms with Gasteiger partial charge in [0.15, 0.2) is 0 Å². The van der Waals surface area contributed by atoms with Crippen molar-refractivity contribution in [1.82, 2.24) is 0 Å². The maximum atomic E-state index is 12.5. The lowest BCUT2D eigenvalue weighted by Gasteiger charge is -2.05. The van der Waals surface area contributed by atoms with Gasteiger partial charge in [-0.1, -0.05) is 11.8 Å². The molecule has 0 aliphatic heterocycles. The molecule has 0 aromatic rings. The van der Waals surface area contributed by atoms with Crippen LogP contribution in [0.2, 0.25) is 0 Å². The summed E-state index contributed by atoms with van der Waals surface area (Å²) in [5.74, 6) is 9.63. The fourth-order valence-electron chi connectivity index (χ4n) is 0.452. The highest BCUT2D eigenvalue weighted by molar-refractivity contribution is 5.21. The summed E-state index contributed by atoms with van der Waals surface area (Å²) in [6, 6.07) is 0. The van der Waals surface area contributed by atoms with Gasteiger partial charge in [0, 0.05) is 11.5 Å². The first-order valence-electron chi connectivity index (χ1n) is 3.64. The Labute approximate surface area is 72.5 Å². The lowest BCUT2D eigenvalue weighted by molar-refractivity contribution is 0.147. The van der Waals surface area contributed by atoms with E-state index in [1.807, 2.05) is 20.8 Å². The van der Waals surface area contributed by atoms with E-state index in [9.17, 15) is 4.39 Å². The fraction of sp³-hybridized carbons (Fsp3) is 0.556. The van der Waals surface area contributed by atoms with Crippen LogP contribution in [0.25, 0.3) is 0 Å². The zero-order chi connectivity index (χ0) is 9.61. The van der Waals surface area contributed by atoms with E-state index in [4.69, 9.17) is 0 Å². The monoisotopic (exact) mass is 171 g/mol. The van der Waals surface area contributed by atoms with Gasteiger partial charge in [0.25, 0.3) is 0 Å². The summed E-state index contributed by atoms with van der Waals surface area (Å²) in [6.45, 7) is 5.63. The number of nitrogens with two attached hydrogens (primary N) is 1. The number of allylic oxidation sites excluding steroid dienone is 1. The molecule has 0 heterocycles. The molecule has 0 aromatic carbocycles. The lowest BCUT2D eigenvalue weighted by Crippen LogP contribution is -2.01. The van der Waals surface area contributed by atoms with Gasteiger partial charge in [-0.2, -0.15) is 0 Å². The van der Waals surface area contributed by atoms with Gasteiger partial charge in [0.1, 0.15) is 12.4 Å². The highest BCUT2D eigenvalue weighted by atomic mass is 19.1. The summed E-state index contributed by atoms with van der Waals surface area (Å²) >= 11 is 0. The second-order valence-corrected chi connectivity index (χ2v) is 3.42. The quantitative estimate of drug-likeness (QED) is 0.507. The molecule has 0 amide bonds. The molecule has 0 radical (unpaired) electrons. The van der Waals surface area contributed by atoms with Gasteiger partial charge in [-0.25, -0.2) is 10.3 Å². The predicted molar refractivity (Wildman–Crippen MR) is 46.6 cm³/mol. The Morgan fingerprint density at radius 1 is 1.58 bits per heavy atom. The number of hydrogen-bond donors (Lipinski definition) is 1. The van der Waals surface area contributed by atoms with Gasteiger partial charge in [0.05, 0.1) is 0 Å². The minimum absolute atomic E-state index is 0.111. The molecule has 2 nitrogen and oxygen atoms in total. The van der Waals surface area contributed by atoms with E-state index in [2.05, 4.69) is 22.6 Å². The molecule has 0 saturated heterocycles. The number of rotatable bonds is 2. The Balaban J connectivity index is 4.08. The third-order valence-electron chi connectivity index (χ3n) is 0.897. The van der Waals surface area contributed by atoms with Crippen LogP contribution in [0.15, 0.2) is 11.9 Å². The standard InChI is InChI=1S/C9H14FNO/c1-9(2,3)6-4-5-8(10)7-12-11/h5H,7,11H2,1-3H3/b8-5-. The minimum Gasteiger partial charge on any atom is -0.297 e. The molecule has 0 aliphatic carbocycles. The topological polar surface area (TPSA) is 35.2 Å². The van der Waals surface area contributed by atoms with Crippen LogP contribution < -0.4 is 5.90 Å². The van der Waals surface area contributed by atoms with Crippen molar-refractivity contribution in [3.05, 3.63) is 11.9 Å². The Bertz CT molecular complexity index is 217. The third kappa shape index (κ3) is 7.26. The molecule has 2 N–H and O–H groups in total. The van der Waals surface area contributed by atoms with Crippen LogP contribution in [0.4, 0.5) is 4.39 Å². The molecule has 0 saturated carbocycles. The van der Waals surface area contributed by atoms with E-state index < -0.39 is 5.83 Å². The first-order chi connectivity index (χ1) is 5.45. The van der Waals surface area contributed by atoms with Gasteiger partial charge in [-0.15, -0.1) is 0 Å². The molecular weight excluding hydrogens is 157 g/mol. The number of hydrogen-bond acceptors (Lipinski definition) is 2. The van der Waals surface area contributed by atoms with Crippen molar-refractivity contribution in [3.8, 4) is 11.8 Å². The Hall–Kier alpha value is -0.850. The van der Waals surface area contributed by atoms with Gasteiger partial charge < -0.3 is 0 Å². The highest BCUT2D eigenvalue weighted by Crippen LogP contribution is 2.09. The van der Waals surface area contributed by atoms with Crippen LogP contribution in [0.1, 0.15) is 20.8 Å². The number of halogens is 1. The van der Waals surface area contributed by atoms with Gasteiger partial charge in [-0.05, 0) is 20.8 Å². The van der Waals surface area contributed by atoms with Crippen LogP contribution in [0, 0.1) is 17.3 Å². The molecule has 0 fully saturated rings. The summed E-state index contributed by atoms with van der Waals surface area (Å²) in [4.78, 5) is 4.08. The summed E-state index contributed by atoms with van der Waals surface area (Å²) in [7, 11) is 0. The molecule has 0 spiro atoms. The molecule has 12 heavy (non-hydrogen) atoms. The second-order valence-electron chi connectivity index (χ2n) is 3.42. The van der Waals surface area contributed by atoms with Crippen molar-refractivity contribution in [2.75, 3.05) is 6.61 Å². The van der Waals surface area contributed by atoms with Crippen LogP contribution in [-0.2, 0) is 4.84 Å². The van der Waals surface area contributed by atoms with E-state index in [0.29, 0.717) is 0 Å². The predicted octanol–water partition coefficient (Wildman–Crippen LogP) is 1.78. The first-order valence-corrected chi connectivity index (χ1v) is 3.64. The van der Waals surface area contributed by atoms with Crippen molar-refractivity contribution >= 4 is 0 Å². The van der Waals surface area contributed by atoms with Crippen LogP contribution in [0.5, 0.6) is 0 Å². The maximum Gasteiger partial charge on any atom is 0.136 e. The van der Waals surface area contributed by atoms with E-state index in [1.165, 1.54) is 0 Å². The van der Waals surface area contributed by atoms with Gasteiger partial charge in [0.2, 0.25) is 0 Å². The Morgan fingerprint density at radius 2 is 2.17 bits per heavy atom. The zero-order valence-corrected chi connectivity index (χ0v) is 7.65. The van der Waals surface area contributed by atoms with Gasteiger partial charge >= 0.3 is 0 Å². The van der Waals surface area contributed by atoms with Crippen LogP contribution in [0.3, 0.4) is 0 Å². The minimum atomic E-state index is -0.464. The molecule has 0 bridgehead atoms. The molecule has 0 rings (SSSR count). The SMILES string of the molecule is CC(C)(C)C#C/C=C(\F)CON. The van der Waals surface area contributed by atoms with Crippen molar-refractivity contribution in [1.29, 1.82) is 0 Å². The maximum absolute atomic E-state index is 12.5. The van der Waals surface area contributed by atoms with E-state index in [0.717, 1.165) is 6.08 Å². The largest absolute Gasteiger partial charge is 0.297 e. The van der Waals surface area contributed by atoms with Crippen molar-refractivity contribution < 1.29 is 9.23 Å². The summed E-state index contributed by atoms with van der Waals surface area (Å²) in [6.07, 6.45) is 1.16. The zero-order valence-electron chi connectivity index (χ0n) is 7.65. The van der Waals surface area contributed by atoms with E-state index >= 15 is 0 Å². The van der Waals surface area contributed by atoms with Gasteiger partial charge in [-0.3, -0.25) is 4.84 Å². The van der Waals surface area contributed by atoms with Crippen LogP contribution >= 0.6 is 0 Å². The molecule has 3 heteroatoms. The fourth-order valence-corrected chi connectivity index (χ4v) is 0.452. The molecule has 68 valence electrons. The second kappa shape index (κ2) is 4.91.